The third-order valence-corrected chi connectivity index (χ3v) is 11.0. The first-order chi connectivity index (χ1) is 16.1. The maximum atomic E-state index is 12.3. The van der Waals surface area contributed by atoms with Crippen molar-refractivity contribution in [2.24, 2.45) is 52.3 Å². The molecule has 0 aromatic heterocycles. The molecule has 0 spiro atoms. The Hall–Kier alpha value is -0.610. The number of ether oxygens (including phenoxy) is 3. The van der Waals surface area contributed by atoms with E-state index in [2.05, 4.69) is 34.6 Å². The summed E-state index contributed by atoms with van der Waals surface area (Å²) in [4.78, 5) is 12.3. The van der Waals surface area contributed by atoms with Gasteiger partial charge in [-0.05, 0) is 90.8 Å². The fraction of sp³-hybridized carbons (Fsp3) is 0.967. The molecule has 0 saturated heterocycles. The minimum absolute atomic E-state index is 0.0378. The van der Waals surface area contributed by atoms with Crippen molar-refractivity contribution in [3.05, 3.63) is 0 Å². The molecule has 198 valence electrons. The summed E-state index contributed by atoms with van der Waals surface area (Å²) in [5, 5.41) is 0. The molecular weight excluding hydrogens is 424 g/mol. The zero-order valence-corrected chi connectivity index (χ0v) is 23.5. The van der Waals surface area contributed by atoms with Gasteiger partial charge in [-0.25, -0.2) is 0 Å². The van der Waals surface area contributed by atoms with Crippen LogP contribution < -0.4 is 0 Å². The Morgan fingerprint density at radius 1 is 0.912 bits per heavy atom. The zero-order chi connectivity index (χ0) is 25.1. The number of hydrogen-bond acceptors (Lipinski definition) is 4. The van der Waals surface area contributed by atoms with E-state index in [0.29, 0.717) is 23.7 Å². The van der Waals surface area contributed by atoms with E-state index in [0.717, 1.165) is 42.4 Å². The zero-order valence-electron chi connectivity index (χ0n) is 23.5. The summed E-state index contributed by atoms with van der Waals surface area (Å²) in [6, 6.07) is 0. The molecule has 3 fully saturated rings. The molecule has 0 heterocycles. The summed E-state index contributed by atoms with van der Waals surface area (Å²) in [5.41, 5.74) is 0.520. The fourth-order valence-corrected chi connectivity index (χ4v) is 9.12. The third kappa shape index (κ3) is 5.53. The van der Waals surface area contributed by atoms with Crippen molar-refractivity contribution in [2.45, 2.75) is 112 Å². The first-order valence-corrected chi connectivity index (χ1v) is 14.2. The highest BCUT2D eigenvalue weighted by atomic mass is 16.7. The lowest BCUT2D eigenvalue weighted by atomic mass is 9.45. The van der Waals surface area contributed by atoms with Gasteiger partial charge in [0.1, 0.15) is 0 Å². The van der Waals surface area contributed by atoms with Crippen LogP contribution in [0.3, 0.4) is 0 Å². The quantitative estimate of drug-likeness (QED) is 0.228. The van der Waals surface area contributed by atoms with Crippen molar-refractivity contribution in [2.75, 3.05) is 21.3 Å². The van der Waals surface area contributed by atoms with Gasteiger partial charge in [0, 0.05) is 27.1 Å². The highest BCUT2D eigenvalue weighted by Crippen LogP contribution is 2.67. The van der Waals surface area contributed by atoms with Crippen LogP contribution in [0.25, 0.3) is 0 Å². The van der Waals surface area contributed by atoms with E-state index in [4.69, 9.17) is 14.2 Å². The van der Waals surface area contributed by atoms with Crippen LogP contribution in [0.4, 0.5) is 0 Å². The SMILES string of the molecule is COC(=O)C[C@@H]1CC[C@@H]2[C@H](CC[C@]3(C)[C@@H]([C@H](C)CCCC(C)C)CC[C@@H]23)[C@@]1(C)CC(OC)OC. The van der Waals surface area contributed by atoms with E-state index in [9.17, 15) is 4.79 Å². The van der Waals surface area contributed by atoms with E-state index in [-0.39, 0.29) is 17.7 Å². The molecule has 0 N–H and O–H groups in total. The van der Waals surface area contributed by atoms with Gasteiger partial charge >= 0.3 is 5.97 Å². The van der Waals surface area contributed by atoms with Gasteiger partial charge < -0.3 is 14.2 Å². The van der Waals surface area contributed by atoms with Crippen molar-refractivity contribution in [1.82, 2.24) is 0 Å². The lowest BCUT2D eigenvalue weighted by molar-refractivity contribution is -0.174. The van der Waals surface area contributed by atoms with Gasteiger partial charge in [0.2, 0.25) is 0 Å². The fourth-order valence-electron chi connectivity index (χ4n) is 9.12. The molecule has 4 nitrogen and oxygen atoms in total. The van der Waals surface area contributed by atoms with Crippen molar-refractivity contribution in [1.29, 1.82) is 0 Å². The largest absolute Gasteiger partial charge is 0.469 e. The monoisotopic (exact) mass is 478 g/mol. The molecule has 0 bridgehead atoms. The van der Waals surface area contributed by atoms with Crippen LogP contribution in [0.2, 0.25) is 0 Å². The van der Waals surface area contributed by atoms with E-state index < -0.39 is 0 Å². The lowest BCUT2D eigenvalue weighted by Gasteiger charge is -2.59. The summed E-state index contributed by atoms with van der Waals surface area (Å²) < 4.78 is 16.5. The third-order valence-electron chi connectivity index (χ3n) is 11.0. The molecule has 0 unspecified atom stereocenters. The van der Waals surface area contributed by atoms with Crippen molar-refractivity contribution in [3.63, 3.8) is 0 Å². The van der Waals surface area contributed by atoms with Gasteiger partial charge in [0.15, 0.2) is 6.29 Å². The normalized spacial score (nSPS) is 38.6. The summed E-state index contributed by atoms with van der Waals surface area (Å²) >= 11 is 0. The molecule has 4 heteroatoms. The second-order valence-corrected chi connectivity index (χ2v) is 13.1. The van der Waals surface area contributed by atoms with E-state index in [1.165, 1.54) is 58.5 Å². The van der Waals surface area contributed by atoms with Gasteiger partial charge in [-0.15, -0.1) is 0 Å². The molecule has 3 rings (SSSR count). The smallest absolute Gasteiger partial charge is 0.305 e. The summed E-state index contributed by atoms with van der Waals surface area (Å²) in [7, 11) is 5.01. The van der Waals surface area contributed by atoms with Gasteiger partial charge in [-0.1, -0.05) is 53.9 Å². The average molecular weight is 479 g/mol. The molecule has 0 aliphatic heterocycles. The molecule has 0 aromatic rings. The maximum Gasteiger partial charge on any atom is 0.305 e. The predicted octanol–water partition coefficient (Wildman–Crippen LogP) is 7.50. The number of esters is 1. The van der Waals surface area contributed by atoms with E-state index >= 15 is 0 Å². The van der Waals surface area contributed by atoms with E-state index in [1.807, 2.05) is 0 Å². The number of carbonyl (C=O) groups is 1. The highest BCUT2D eigenvalue weighted by molar-refractivity contribution is 5.69. The number of rotatable bonds is 11. The Morgan fingerprint density at radius 3 is 2.24 bits per heavy atom. The number of hydrogen-bond donors (Lipinski definition) is 0. The first kappa shape index (κ1) is 28.0. The molecule has 34 heavy (non-hydrogen) atoms. The second-order valence-electron chi connectivity index (χ2n) is 13.1. The Kier molecular flexibility index (Phi) is 9.57. The Bertz CT molecular complexity index is 658. The molecule has 3 aliphatic carbocycles. The van der Waals surface area contributed by atoms with E-state index in [1.54, 1.807) is 14.2 Å². The number of methoxy groups -OCH3 is 3. The molecular formula is C30H54O4. The molecule has 3 aliphatic rings. The second kappa shape index (κ2) is 11.6. The van der Waals surface area contributed by atoms with Crippen molar-refractivity contribution in [3.8, 4) is 0 Å². The van der Waals surface area contributed by atoms with Crippen LogP contribution in [-0.4, -0.2) is 33.6 Å². The summed E-state index contributed by atoms with van der Waals surface area (Å²) in [6.45, 7) is 12.3. The van der Waals surface area contributed by atoms with Crippen LogP contribution >= 0.6 is 0 Å². The predicted molar refractivity (Wildman–Crippen MR) is 138 cm³/mol. The molecule has 0 amide bonds. The van der Waals surface area contributed by atoms with Crippen molar-refractivity contribution >= 4 is 5.97 Å². The molecule has 0 radical (unpaired) electrons. The van der Waals surface area contributed by atoms with Crippen molar-refractivity contribution < 1.29 is 19.0 Å². The summed E-state index contributed by atoms with van der Waals surface area (Å²) in [6.07, 6.45) is 13.1. The minimum atomic E-state index is -0.213. The Balaban J connectivity index is 1.80. The topological polar surface area (TPSA) is 44.8 Å². The standard InChI is InChI=1S/C30H54O4/c1-20(2)10-9-11-21(3)24-14-15-25-23-13-12-22(18-27(31)32-6)30(5,19-28(33-7)34-8)26(23)16-17-29(24,25)4/h20-26,28H,9-19H2,1-8H3/t21-,22+,23+,24-,25+,26+,29-,30+/m1/s1. The average Bonchev–Trinajstić information content (AvgIpc) is 3.16. The number of carbonyl (C=O) groups excluding carboxylic acids is 1. The van der Waals surface area contributed by atoms with Gasteiger partial charge in [0.05, 0.1) is 7.11 Å². The maximum absolute atomic E-state index is 12.3. The van der Waals surface area contributed by atoms with Gasteiger partial charge in [0.25, 0.3) is 0 Å². The molecule has 3 saturated carbocycles. The Labute approximate surface area is 210 Å². The number of fused-ring (bicyclic) bond motifs is 3. The van der Waals surface area contributed by atoms with Crippen LogP contribution in [0.1, 0.15) is 105 Å². The minimum Gasteiger partial charge on any atom is -0.469 e. The van der Waals surface area contributed by atoms with Crippen LogP contribution in [0.5, 0.6) is 0 Å². The van der Waals surface area contributed by atoms with Gasteiger partial charge in [-0.3, -0.25) is 4.79 Å². The molecule has 8 atom stereocenters. The molecule has 0 aromatic carbocycles. The summed E-state index contributed by atoms with van der Waals surface area (Å²) in [5.74, 6) is 5.01. The van der Waals surface area contributed by atoms with Crippen LogP contribution in [0, 0.1) is 52.3 Å². The van der Waals surface area contributed by atoms with Gasteiger partial charge in [-0.2, -0.15) is 0 Å². The Morgan fingerprint density at radius 2 is 1.62 bits per heavy atom. The van der Waals surface area contributed by atoms with Crippen LogP contribution in [0.15, 0.2) is 0 Å². The first-order valence-electron chi connectivity index (χ1n) is 14.2. The highest BCUT2D eigenvalue weighted by Gasteiger charge is 2.60. The van der Waals surface area contributed by atoms with Crippen LogP contribution in [-0.2, 0) is 19.0 Å². The lowest BCUT2D eigenvalue weighted by Crippen LogP contribution is -2.53.